The summed E-state index contributed by atoms with van der Waals surface area (Å²) in [4.78, 5) is 51.0. The number of nitrogens with zero attached hydrogens (tertiary/aromatic N) is 2. The Morgan fingerprint density at radius 2 is 1.86 bits per heavy atom. The van der Waals surface area contributed by atoms with Crippen molar-refractivity contribution >= 4 is 71.5 Å². The van der Waals surface area contributed by atoms with Gasteiger partial charge in [0.05, 0.1) is 18.0 Å². The fourth-order valence-corrected chi connectivity index (χ4v) is 3.88. The third kappa shape index (κ3) is 17.2. The van der Waals surface area contributed by atoms with Crippen molar-refractivity contribution < 1.29 is 23.9 Å². The van der Waals surface area contributed by atoms with Crippen molar-refractivity contribution in [3.8, 4) is 0 Å². The van der Waals surface area contributed by atoms with Gasteiger partial charge in [-0.1, -0.05) is 80.5 Å². The summed E-state index contributed by atoms with van der Waals surface area (Å²) in [6.07, 6.45) is 5.76. The van der Waals surface area contributed by atoms with Crippen LogP contribution in [0.1, 0.15) is 46.2 Å². The van der Waals surface area contributed by atoms with Crippen molar-refractivity contribution in [3.63, 3.8) is 0 Å². The summed E-state index contributed by atoms with van der Waals surface area (Å²) < 4.78 is 3.26. The van der Waals surface area contributed by atoms with E-state index in [2.05, 4.69) is 45.5 Å². The van der Waals surface area contributed by atoms with E-state index in [1.54, 1.807) is 13.0 Å². The zero-order valence-electron chi connectivity index (χ0n) is 25.7. The van der Waals surface area contributed by atoms with Crippen LogP contribution in [0.3, 0.4) is 0 Å². The molecule has 2 rings (SSSR count). The number of pyridine rings is 1. The minimum Gasteiger partial charge on any atom is -0.380 e. The van der Waals surface area contributed by atoms with E-state index < -0.39 is 21.8 Å². The molecule has 1 aliphatic rings. The Kier molecular flexibility index (Phi) is 18.9. The molecule has 3 atom stereocenters. The maximum Gasteiger partial charge on any atom is 0.258 e. The van der Waals surface area contributed by atoms with Crippen molar-refractivity contribution in [2.75, 3.05) is 20.3 Å². The zero-order chi connectivity index (χ0) is 33.3. The maximum absolute atomic E-state index is 12.4. The molecule has 10 nitrogen and oxygen atoms in total. The number of halogens is 3. The molecule has 13 heteroatoms. The van der Waals surface area contributed by atoms with Gasteiger partial charge in [-0.15, -0.1) is 0 Å². The fourth-order valence-electron chi connectivity index (χ4n) is 3.55. The van der Waals surface area contributed by atoms with Gasteiger partial charge in [-0.3, -0.25) is 24.4 Å². The Morgan fingerprint density at radius 1 is 1.23 bits per heavy atom. The van der Waals surface area contributed by atoms with E-state index in [1.807, 2.05) is 39.0 Å². The van der Waals surface area contributed by atoms with Gasteiger partial charge in [-0.05, 0) is 55.5 Å². The minimum atomic E-state index is -1.26. The summed E-state index contributed by atoms with van der Waals surface area (Å²) in [5.41, 5.74) is 4.67. The molecule has 240 valence electrons. The van der Waals surface area contributed by atoms with Crippen molar-refractivity contribution in [2.45, 2.75) is 69.4 Å². The summed E-state index contributed by atoms with van der Waals surface area (Å²) >= 11 is 15.7. The van der Waals surface area contributed by atoms with Crippen molar-refractivity contribution in [1.82, 2.24) is 26.1 Å². The molecule has 1 fully saturated rings. The van der Waals surface area contributed by atoms with E-state index in [-0.39, 0.29) is 30.4 Å². The highest BCUT2D eigenvalue weighted by molar-refractivity contribution is 6.67. The Labute approximate surface area is 269 Å². The molecule has 0 spiro atoms. The summed E-state index contributed by atoms with van der Waals surface area (Å²) in [6.45, 7) is 20.4. The number of hydrazine groups is 1. The highest BCUT2D eigenvalue weighted by Gasteiger charge is 2.30. The first-order chi connectivity index (χ1) is 19.9. The number of nitrogens with one attached hydrogen (secondary N) is 3. The van der Waals surface area contributed by atoms with Crippen LogP contribution in [0.2, 0.25) is 0 Å². The van der Waals surface area contributed by atoms with Crippen LogP contribution in [0.15, 0.2) is 36.9 Å². The zero-order valence-corrected chi connectivity index (χ0v) is 28.0. The van der Waals surface area contributed by atoms with E-state index in [4.69, 9.17) is 34.8 Å². The molecule has 0 aromatic carbocycles. The monoisotopic (exact) mass is 659 g/mol. The smallest absolute Gasteiger partial charge is 0.258 e. The number of carbonyl (C=O) groups is 4. The standard InChI is InChI=1S/C15H26N4O4.C12H13N.C3H5Cl3O/c1-9(2)13(17-11(4)21)14(22)16-10(3)15(23)19-7-5-6-12(8-20)18-19;1-5-9(2)8-12-10(3)6-7-11(4)13-12;1-7-2-3(4,5)6/h8-10,12-13,18H,5-7H2,1-4H3,(H,16,22)(H,17,21);5-8H,1-3H2,4H3;2H2,1H3/b;12-8+;. The summed E-state index contributed by atoms with van der Waals surface area (Å²) in [5.74, 6) is -1.12. The number of hydrogen-bond donors (Lipinski definition) is 3. The molecular weight excluding hydrogens is 617 g/mol. The second-order valence-electron chi connectivity index (χ2n) is 10.1. The van der Waals surface area contributed by atoms with Gasteiger partial charge >= 0.3 is 0 Å². The Hall–Kier alpha value is -2.76. The number of aryl methyl sites for hydroxylation is 1. The van der Waals surface area contributed by atoms with Crippen LogP contribution in [0.4, 0.5) is 0 Å². The molecule has 3 amide bonds. The van der Waals surface area contributed by atoms with Gasteiger partial charge in [-0.2, -0.15) is 0 Å². The summed E-state index contributed by atoms with van der Waals surface area (Å²) in [7, 11) is 1.47. The first-order valence-electron chi connectivity index (χ1n) is 13.6. The number of methoxy groups -OCH3 is 1. The fraction of sp³-hybridized carbons (Fsp3) is 0.500. The first-order valence-corrected chi connectivity index (χ1v) is 14.7. The van der Waals surface area contributed by atoms with Crippen LogP contribution in [0, 0.1) is 12.8 Å². The van der Waals surface area contributed by atoms with Crippen LogP contribution in [0.5, 0.6) is 0 Å². The molecule has 1 saturated heterocycles. The number of allylic oxidation sites excluding steroid dienone is 2. The number of carbonyl (C=O) groups excluding carboxylic acids is 4. The van der Waals surface area contributed by atoms with E-state index in [1.165, 1.54) is 19.0 Å². The number of amides is 3. The van der Waals surface area contributed by atoms with Gasteiger partial charge in [-0.25, -0.2) is 5.43 Å². The number of aromatic nitrogens is 1. The Balaban J connectivity index is 0.000000735. The quantitative estimate of drug-likeness (QED) is 0.211. The average molecular weight is 661 g/mol. The van der Waals surface area contributed by atoms with Gasteiger partial charge in [0.2, 0.25) is 15.6 Å². The third-order valence-electron chi connectivity index (χ3n) is 5.73. The van der Waals surface area contributed by atoms with Crippen molar-refractivity contribution in [1.29, 1.82) is 0 Å². The first kappa shape index (κ1) is 40.2. The molecule has 0 saturated carbocycles. The van der Waals surface area contributed by atoms with Crippen LogP contribution >= 0.6 is 34.8 Å². The lowest BCUT2D eigenvalue weighted by Crippen LogP contribution is -2.59. The molecule has 3 N–H and O–H groups in total. The van der Waals surface area contributed by atoms with Gasteiger partial charge in [0.1, 0.15) is 18.4 Å². The molecule has 0 bridgehead atoms. The molecule has 1 aliphatic heterocycles. The number of ether oxygens (including phenoxy) is 1. The van der Waals surface area contributed by atoms with Crippen LogP contribution in [0.25, 0.3) is 12.7 Å². The molecule has 3 unspecified atom stereocenters. The highest BCUT2D eigenvalue weighted by atomic mass is 35.6. The molecule has 1 aromatic rings. The van der Waals surface area contributed by atoms with E-state index in [0.29, 0.717) is 13.0 Å². The number of rotatable bonds is 9. The summed E-state index contributed by atoms with van der Waals surface area (Å²) in [6, 6.07) is 2.06. The second-order valence-corrected chi connectivity index (χ2v) is 12.6. The summed E-state index contributed by atoms with van der Waals surface area (Å²) in [5, 5.41) is 8.35. The molecule has 0 radical (unpaired) electrons. The van der Waals surface area contributed by atoms with Crippen LogP contribution < -0.4 is 26.6 Å². The molecular formula is C30H44Cl3N5O5. The number of alkyl halides is 3. The number of hydrogen-bond acceptors (Lipinski definition) is 7. The molecule has 1 aromatic heterocycles. The maximum atomic E-state index is 12.4. The molecule has 0 aliphatic carbocycles. The van der Waals surface area contributed by atoms with Crippen molar-refractivity contribution in [2.24, 2.45) is 5.92 Å². The number of aldehydes is 1. The lowest BCUT2D eigenvalue weighted by molar-refractivity contribution is -0.142. The second kappa shape index (κ2) is 20.2. The van der Waals surface area contributed by atoms with Gasteiger partial charge in [0.15, 0.2) is 0 Å². The predicted octanol–water partition coefficient (Wildman–Crippen LogP) is 2.67. The topological polar surface area (TPSA) is 130 Å². The van der Waals surface area contributed by atoms with Crippen LogP contribution in [-0.2, 0) is 23.9 Å². The van der Waals surface area contributed by atoms with Gasteiger partial charge < -0.3 is 20.2 Å². The lowest BCUT2D eigenvalue weighted by Gasteiger charge is -2.33. The SMILES string of the molecule is C=CC(=C)/C=c1/nc(C)ccc1=C.CC(=O)NC(C(=O)NC(C)C(=O)N1CCCC(C=O)N1)C(C)C.COCC(Cl)(Cl)Cl. The van der Waals surface area contributed by atoms with E-state index in [9.17, 15) is 19.2 Å². The van der Waals surface area contributed by atoms with Crippen LogP contribution in [-0.4, -0.2) is 76.2 Å². The predicted molar refractivity (Wildman–Crippen MR) is 174 cm³/mol. The normalized spacial score (nSPS) is 16.4. The highest BCUT2D eigenvalue weighted by Crippen LogP contribution is 2.25. The third-order valence-corrected chi connectivity index (χ3v) is 6.06. The lowest BCUT2D eigenvalue weighted by atomic mass is 10.0. The van der Waals surface area contributed by atoms with E-state index in [0.717, 1.165) is 34.5 Å². The Bertz CT molecular complexity index is 1220. The van der Waals surface area contributed by atoms with Gasteiger partial charge in [0.25, 0.3) is 5.91 Å². The van der Waals surface area contributed by atoms with E-state index >= 15 is 0 Å². The largest absolute Gasteiger partial charge is 0.380 e. The van der Waals surface area contributed by atoms with Crippen molar-refractivity contribution in [3.05, 3.63) is 53.2 Å². The average Bonchev–Trinajstić information content (AvgIpc) is 2.92. The molecule has 43 heavy (non-hydrogen) atoms. The Morgan fingerprint density at radius 3 is 2.33 bits per heavy atom. The van der Waals surface area contributed by atoms with Gasteiger partial charge in [0, 0.05) is 26.3 Å². The minimum absolute atomic E-state index is 0.103. The molecule has 2 heterocycles.